The molecule has 0 N–H and O–H groups in total. The summed E-state index contributed by atoms with van der Waals surface area (Å²) in [4.78, 5) is 2.79. The molecule has 100 valence electrons. The maximum atomic E-state index is 3.27. The van der Waals surface area contributed by atoms with Gasteiger partial charge in [0.15, 0.2) is 0 Å². The van der Waals surface area contributed by atoms with Crippen LogP contribution in [0.4, 0.5) is 0 Å². The van der Waals surface area contributed by atoms with E-state index in [1.165, 1.54) is 59.0 Å². The zero-order chi connectivity index (χ0) is 13.1. The van der Waals surface area contributed by atoms with E-state index in [9.17, 15) is 0 Å². The zero-order valence-electron chi connectivity index (χ0n) is 11.4. The fraction of sp³-hybridized carbons (Fsp3) is 0.500. The number of rotatable bonds is 7. The number of aromatic nitrogens is 1. The van der Waals surface area contributed by atoms with Crippen LogP contribution < -0.4 is 10.7 Å². The van der Waals surface area contributed by atoms with Gasteiger partial charge in [0.1, 0.15) is 0 Å². The lowest BCUT2D eigenvalue weighted by Gasteiger charge is -2.04. The molecule has 19 heavy (non-hydrogen) atoms. The third kappa shape index (κ3) is 2.52. The van der Waals surface area contributed by atoms with Gasteiger partial charge >= 0.3 is 0 Å². The summed E-state index contributed by atoms with van der Waals surface area (Å²) in [7, 11) is 0. The highest BCUT2D eigenvalue weighted by atomic mass is 32.1. The molecule has 0 saturated heterocycles. The lowest BCUT2D eigenvalue weighted by Crippen LogP contribution is -2.26. The number of hydrogen-bond donors (Lipinski definition) is 0. The average molecular weight is 289 g/mol. The van der Waals surface area contributed by atoms with Crippen LogP contribution in [0.3, 0.4) is 0 Å². The maximum Gasteiger partial charge on any atom is 0.0798 e. The van der Waals surface area contributed by atoms with E-state index in [0.717, 1.165) is 6.54 Å². The second-order valence-electron chi connectivity index (χ2n) is 5.08. The smallest absolute Gasteiger partial charge is 0.0798 e. The Morgan fingerprint density at radius 1 is 0.895 bits per heavy atom. The molecule has 0 unspecified atom stereocenters. The second kappa shape index (κ2) is 5.98. The Morgan fingerprint density at radius 2 is 1.47 bits per heavy atom. The normalized spacial score (nSPS) is 13.5. The molecule has 1 nitrogen and oxygen atoms in total. The van der Waals surface area contributed by atoms with E-state index < -0.39 is 0 Å². The van der Waals surface area contributed by atoms with Crippen LogP contribution in [0.1, 0.15) is 45.4 Å². The fourth-order valence-corrected chi connectivity index (χ4v) is 4.44. The molecule has 0 aliphatic carbocycles. The van der Waals surface area contributed by atoms with Crippen molar-refractivity contribution in [2.45, 2.75) is 61.8 Å². The molecule has 1 aromatic heterocycles. The second-order valence-corrected chi connectivity index (χ2v) is 6.77. The fourth-order valence-electron chi connectivity index (χ4n) is 2.67. The average Bonchev–Trinajstić information content (AvgIpc) is 3.09. The standard InChI is InChI=1S/C16H19NS2/c1-2-3-4-5-6-7-10-17-13-8-11-18-15(13)16-14(17)9-12-19-16/h8-9H,2-7,10H2,1H3. The van der Waals surface area contributed by atoms with Crippen molar-refractivity contribution in [2.24, 2.45) is 0 Å². The van der Waals surface area contributed by atoms with Crippen LogP contribution >= 0.6 is 22.3 Å². The summed E-state index contributed by atoms with van der Waals surface area (Å²) in [5, 5.41) is 9.28. The van der Waals surface area contributed by atoms with Crippen LogP contribution in [0.5, 0.6) is 0 Å². The first-order valence-electron chi connectivity index (χ1n) is 7.19. The monoisotopic (exact) mass is 289 g/mol. The highest BCUT2D eigenvalue weighted by Gasteiger charge is 2.15. The number of fused-ring (bicyclic) bond motifs is 3. The first-order chi connectivity index (χ1) is 9.42. The minimum atomic E-state index is 1.14. The lowest BCUT2D eigenvalue weighted by molar-refractivity contribution is 0.546. The third-order valence-corrected chi connectivity index (χ3v) is 5.54. The third-order valence-electron chi connectivity index (χ3n) is 3.70. The molecular weight excluding hydrogens is 270 g/mol. The summed E-state index contributed by atoms with van der Waals surface area (Å²) in [5.41, 5.74) is 0. The SMILES string of the molecule is CCCCCCCCn1c2c(c3c1=CC#S3)S#CC=2. The van der Waals surface area contributed by atoms with E-state index in [1.807, 2.05) is 0 Å². The highest BCUT2D eigenvalue weighted by Crippen LogP contribution is 2.20. The van der Waals surface area contributed by atoms with Gasteiger partial charge in [-0.15, -0.1) is 0 Å². The van der Waals surface area contributed by atoms with Crippen molar-refractivity contribution < 1.29 is 0 Å². The van der Waals surface area contributed by atoms with Crippen molar-refractivity contribution in [3.05, 3.63) is 10.7 Å². The first kappa shape index (κ1) is 13.0. The molecule has 3 heterocycles. The molecule has 0 aromatic carbocycles. The molecule has 1 aromatic rings. The Kier molecular flexibility index (Phi) is 4.10. The van der Waals surface area contributed by atoms with Gasteiger partial charge in [-0.2, -0.15) is 0 Å². The maximum absolute atomic E-state index is 3.27. The molecule has 0 amide bonds. The van der Waals surface area contributed by atoms with Gasteiger partial charge in [-0.3, -0.25) is 0 Å². The van der Waals surface area contributed by atoms with E-state index >= 15 is 0 Å². The van der Waals surface area contributed by atoms with Gasteiger partial charge in [-0.25, -0.2) is 0 Å². The Morgan fingerprint density at radius 3 is 2.11 bits per heavy atom. The van der Waals surface area contributed by atoms with Crippen LogP contribution in [-0.2, 0) is 6.54 Å². The van der Waals surface area contributed by atoms with E-state index in [0.29, 0.717) is 0 Å². The Hall–Kier alpha value is -0.980. The van der Waals surface area contributed by atoms with Gasteiger partial charge in [-0.1, -0.05) is 71.7 Å². The molecule has 2 aliphatic rings. The predicted molar refractivity (Wildman–Crippen MR) is 85.5 cm³/mol. The van der Waals surface area contributed by atoms with Crippen LogP contribution in [-0.4, -0.2) is 4.57 Å². The topological polar surface area (TPSA) is 4.93 Å². The molecule has 3 rings (SSSR count). The van der Waals surface area contributed by atoms with Crippen molar-refractivity contribution in [1.29, 1.82) is 0 Å². The Balaban J connectivity index is 1.66. The van der Waals surface area contributed by atoms with Gasteiger partial charge in [-0.05, 0) is 6.42 Å². The molecule has 0 saturated carbocycles. The molecule has 2 aliphatic heterocycles. The van der Waals surface area contributed by atoms with Crippen LogP contribution in [0.15, 0.2) is 9.79 Å². The molecule has 0 radical (unpaired) electrons. The van der Waals surface area contributed by atoms with Crippen molar-refractivity contribution in [3.63, 3.8) is 0 Å². The van der Waals surface area contributed by atoms with Gasteiger partial charge in [0.2, 0.25) is 0 Å². The number of unbranched alkanes of at least 4 members (excludes halogenated alkanes) is 5. The van der Waals surface area contributed by atoms with Gasteiger partial charge in [0, 0.05) is 18.7 Å². The quantitative estimate of drug-likeness (QED) is 0.677. The Bertz CT molecular complexity index is 677. The number of hydrogen-bond acceptors (Lipinski definition) is 0. The molecule has 3 heteroatoms. The summed E-state index contributed by atoms with van der Waals surface area (Å²) >= 11 is 3.47. The summed E-state index contributed by atoms with van der Waals surface area (Å²) in [6.07, 6.45) is 12.4. The predicted octanol–water partition coefficient (Wildman–Crippen LogP) is 3.54. The molecule has 0 bridgehead atoms. The number of nitrogens with zero attached hydrogens (tertiary/aromatic N) is 1. The van der Waals surface area contributed by atoms with E-state index in [-0.39, 0.29) is 0 Å². The van der Waals surface area contributed by atoms with E-state index in [4.69, 9.17) is 0 Å². The zero-order valence-corrected chi connectivity index (χ0v) is 13.0. The van der Waals surface area contributed by atoms with E-state index in [2.05, 4.69) is 34.0 Å². The van der Waals surface area contributed by atoms with Crippen molar-refractivity contribution >= 4 is 34.5 Å². The highest BCUT2D eigenvalue weighted by molar-refractivity contribution is 7.92. The largest absolute Gasteiger partial charge is 0.338 e. The van der Waals surface area contributed by atoms with Crippen LogP contribution in [0.25, 0.3) is 12.2 Å². The summed E-state index contributed by atoms with van der Waals surface area (Å²) in [6, 6.07) is 0. The molecule has 0 fully saturated rings. The van der Waals surface area contributed by atoms with Crippen molar-refractivity contribution in [3.8, 4) is 10.4 Å². The lowest BCUT2D eigenvalue weighted by atomic mass is 10.1. The summed E-state index contributed by atoms with van der Waals surface area (Å²) in [6.45, 7) is 3.41. The minimum absolute atomic E-state index is 1.14. The Labute approximate surface area is 122 Å². The van der Waals surface area contributed by atoms with Gasteiger partial charge in [0.05, 0.1) is 20.5 Å². The molecular formula is C16H19NS2. The van der Waals surface area contributed by atoms with Crippen LogP contribution in [0, 0.1) is 10.4 Å². The van der Waals surface area contributed by atoms with Crippen molar-refractivity contribution in [1.82, 2.24) is 4.57 Å². The minimum Gasteiger partial charge on any atom is -0.338 e. The van der Waals surface area contributed by atoms with Gasteiger partial charge < -0.3 is 4.57 Å². The van der Waals surface area contributed by atoms with Crippen molar-refractivity contribution in [2.75, 3.05) is 0 Å². The van der Waals surface area contributed by atoms with Gasteiger partial charge in [0.25, 0.3) is 0 Å². The van der Waals surface area contributed by atoms with E-state index in [1.54, 1.807) is 22.3 Å². The first-order valence-corrected chi connectivity index (χ1v) is 8.82. The molecule has 0 spiro atoms. The van der Waals surface area contributed by atoms with Crippen LogP contribution in [0.2, 0.25) is 0 Å². The summed E-state index contributed by atoms with van der Waals surface area (Å²) < 4.78 is 2.46. The molecule has 0 atom stereocenters. The summed E-state index contributed by atoms with van der Waals surface area (Å²) in [5.74, 6) is 0.